The van der Waals surface area contributed by atoms with Crippen LogP contribution in [0.25, 0.3) is 0 Å². The second-order valence-corrected chi connectivity index (χ2v) is 6.82. The minimum Gasteiger partial charge on any atom is -0.497 e. The van der Waals surface area contributed by atoms with Gasteiger partial charge in [0.1, 0.15) is 5.75 Å². The molecule has 0 aromatic heterocycles. The Kier molecular flexibility index (Phi) is 6.03. The highest BCUT2D eigenvalue weighted by Crippen LogP contribution is 2.22. The molecule has 1 N–H and O–H groups in total. The van der Waals surface area contributed by atoms with Crippen molar-refractivity contribution in [1.29, 1.82) is 0 Å². The average molecular weight is 427 g/mol. The van der Waals surface area contributed by atoms with E-state index in [-0.39, 0.29) is 11.9 Å². The fraction of sp³-hybridized carbons (Fsp3) is 0.235. The predicted molar refractivity (Wildman–Crippen MR) is 95.5 cm³/mol. The van der Waals surface area contributed by atoms with Crippen LogP contribution in [0.1, 0.15) is 22.8 Å². The lowest BCUT2D eigenvalue weighted by atomic mass is 10.1. The molecule has 2 aromatic carbocycles. The molecular formula is C17H17Br2NO2. The van der Waals surface area contributed by atoms with Crippen LogP contribution in [-0.4, -0.2) is 19.1 Å². The SMILES string of the molecule is COc1ccc(Br)c(C(=O)N[C@H](C)Cc2ccc(Br)cc2)c1. The quantitative estimate of drug-likeness (QED) is 0.759. The smallest absolute Gasteiger partial charge is 0.252 e. The number of carbonyl (C=O) groups is 1. The Morgan fingerprint density at radius 2 is 1.86 bits per heavy atom. The lowest BCUT2D eigenvalue weighted by Gasteiger charge is -2.15. The summed E-state index contributed by atoms with van der Waals surface area (Å²) in [6, 6.07) is 13.5. The molecule has 0 bridgehead atoms. The van der Waals surface area contributed by atoms with Gasteiger partial charge in [0.2, 0.25) is 0 Å². The summed E-state index contributed by atoms with van der Waals surface area (Å²) in [6.45, 7) is 1.99. The molecule has 0 saturated heterocycles. The van der Waals surface area contributed by atoms with Crippen LogP contribution < -0.4 is 10.1 Å². The van der Waals surface area contributed by atoms with Crippen molar-refractivity contribution in [1.82, 2.24) is 5.32 Å². The van der Waals surface area contributed by atoms with E-state index in [0.29, 0.717) is 11.3 Å². The van der Waals surface area contributed by atoms with E-state index in [4.69, 9.17) is 4.74 Å². The van der Waals surface area contributed by atoms with Gasteiger partial charge < -0.3 is 10.1 Å². The summed E-state index contributed by atoms with van der Waals surface area (Å²) in [4.78, 5) is 12.4. The maximum absolute atomic E-state index is 12.4. The largest absolute Gasteiger partial charge is 0.497 e. The number of halogens is 2. The Morgan fingerprint density at radius 3 is 2.50 bits per heavy atom. The molecule has 1 atom stereocenters. The maximum Gasteiger partial charge on any atom is 0.252 e. The maximum atomic E-state index is 12.4. The van der Waals surface area contributed by atoms with Gasteiger partial charge in [-0.15, -0.1) is 0 Å². The van der Waals surface area contributed by atoms with Crippen molar-refractivity contribution in [2.24, 2.45) is 0 Å². The normalized spacial score (nSPS) is 11.8. The standard InChI is InChI=1S/C17H17Br2NO2/c1-11(9-12-3-5-13(18)6-4-12)20-17(21)15-10-14(22-2)7-8-16(15)19/h3-8,10-11H,9H2,1-2H3,(H,20,21)/t11-/m1/s1. The third-order valence-corrected chi connectivity index (χ3v) is 4.47. The van der Waals surface area contributed by atoms with E-state index < -0.39 is 0 Å². The van der Waals surface area contributed by atoms with Crippen LogP contribution in [0.5, 0.6) is 5.75 Å². The van der Waals surface area contributed by atoms with Crippen LogP contribution in [0.3, 0.4) is 0 Å². The van der Waals surface area contributed by atoms with E-state index >= 15 is 0 Å². The Balaban J connectivity index is 2.03. The number of amides is 1. The number of rotatable bonds is 5. The Labute approximate surface area is 147 Å². The van der Waals surface area contributed by atoms with Crippen LogP contribution in [0.15, 0.2) is 51.4 Å². The highest BCUT2D eigenvalue weighted by Gasteiger charge is 2.14. The molecule has 2 rings (SSSR count). The molecule has 116 valence electrons. The van der Waals surface area contributed by atoms with Gasteiger partial charge in [-0.25, -0.2) is 0 Å². The highest BCUT2D eigenvalue weighted by molar-refractivity contribution is 9.10. The van der Waals surface area contributed by atoms with E-state index in [0.717, 1.165) is 15.4 Å². The molecule has 0 spiro atoms. The number of hydrogen-bond donors (Lipinski definition) is 1. The number of carbonyl (C=O) groups excluding carboxylic acids is 1. The molecule has 1 amide bonds. The zero-order valence-electron chi connectivity index (χ0n) is 12.4. The topological polar surface area (TPSA) is 38.3 Å². The predicted octanol–water partition coefficient (Wildman–Crippen LogP) is 4.58. The fourth-order valence-corrected chi connectivity index (χ4v) is 2.82. The monoisotopic (exact) mass is 425 g/mol. The molecule has 0 heterocycles. The van der Waals surface area contributed by atoms with Gasteiger partial charge >= 0.3 is 0 Å². The van der Waals surface area contributed by atoms with Gasteiger partial charge in [-0.1, -0.05) is 28.1 Å². The Morgan fingerprint density at radius 1 is 1.18 bits per heavy atom. The number of nitrogens with one attached hydrogen (secondary N) is 1. The Bertz CT molecular complexity index is 656. The van der Waals surface area contributed by atoms with E-state index in [2.05, 4.69) is 37.2 Å². The van der Waals surface area contributed by atoms with Gasteiger partial charge in [0.05, 0.1) is 12.7 Å². The van der Waals surface area contributed by atoms with Gasteiger partial charge in [-0.3, -0.25) is 4.79 Å². The minimum atomic E-state index is -0.115. The van der Waals surface area contributed by atoms with E-state index in [1.54, 1.807) is 13.2 Å². The molecular weight excluding hydrogens is 410 g/mol. The molecule has 0 saturated carbocycles. The van der Waals surface area contributed by atoms with Crippen molar-refractivity contribution >= 4 is 37.8 Å². The van der Waals surface area contributed by atoms with Crippen molar-refractivity contribution in [3.8, 4) is 5.75 Å². The number of benzene rings is 2. The van der Waals surface area contributed by atoms with Crippen LogP contribution in [0.2, 0.25) is 0 Å². The third kappa shape index (κ3) is 4.58. The molecule has 3 nitrogen and oxygen atoms in total. The summed E-state index contributed by atoms with van der Waals surface area (Å²) >= 11 is 6.82. The number of hydrogen-bond acceptors (Lipinski definition) is 2. The first-order valence-corrected chi connectivity index (χ1v) is 8.47. The van der Waals surface area contributed by atoms with Crippen molar-refractivity contribution < 1.29 is 9.53 Å². The lowest BCUT2D eigenvalue weighted by molar-refractivity contribution is 0.0939. The van der Waals surface area contributed by atoms with Crippen LogP contribution in [0.4, 0.5) is 0 Å². The van der Waals surface area contributed by atoms with Gasteiger partial charge in [0.25, 0.3) is 5.91 Å². The van der Waals surface area contributed by atoms with Crippen molar-refractivity contribution in [2.75, 3.05) is 7.11 Å². The second kappa shape index (κ2) is 7.79. The van der Waals surface area contributed by atoms with Crippen molar-refractivity contribution in [3.63, 3.8) is 0 Å². The van der Waals surface area contributed by atoms with E-state index in [9.17, 15) is 4.79 Å². The summed E-state index contributed by atoms with van der Waals surface area (Å²) in [5, 5.41) is 3.02. The zero-order chi connectivity index (χ0) is 16.1. The third-order valence-electron chi connectivity index (χ3n) is 3.25. The number of ether oxygens (including phenoxy) is 1. The fourth-order valence-electron chi connectivity index (χ4n) is 2.13. The van der Waals surface area contributed by atoms with Gasteiger partial charge in [-0.05, 0) is 65.2 Å². The first kappa shape index (κ1) is 17.0. The molecule has 5 heteroatoms. The molecule has 2 aromatic rings. The van der Waals surface area contributed by atoms with Crippen LogP contribution in [0, 0.1) is 0 Å². The van der Waals surface area contributed by atoms with Gasteiger partial charge in [-0.2, -0.15) is 0 Å². The van der Waals surface area contributed by atoms with Crippen molar-refractivity contribution in [2.45, 2.75) is 19.4 Å². The second-order valence-electron chi connectivity index (χ2n) is 5.05. The molecule has 0 aliphatic carbocycles. The van der Waals surface area contributed by atoms with Crippen molar-refractivity contribution in [3.05, 3.63) is 62.5 Å². The minimum absolute atomic E-state index is 0.0341. The van der Waals surface area contributed by atoms with Gasteiger partial charge in [0, 0.05) is 15.0 Å². The molecule has 0 aliphatic heterocycles. The average Bonchev–Trinajstić information content (AvgIpc) is 2.50. The summed E-state index contributed by atoms with van der Waals surface area (Å²) in [6.07, 6.45) is 0.778. The summed E-state index contributed by atoms with van der Waals surface area (Å²) in [7, 11) is 1.58. The first-order valence-electron chi connectivity index (χ1n) is 6.88. The first-order chi connectivity index (χ1) is 10.5. The summed E-state index contributed by atoms with van der Waals surface area (Å²) < 4.78 is 6.97. The number of methoxy groups -OCH3 is 1. The molecule has 0 unspecified atom stereocenters. The molecule has 0 fully saturated rings. The zero-order valence-corrected chi connectivity index (χ0v) is 15.6. The highest BCUT2D eigenvalue weighted by atomic mass is 79.9. The van der Waals surface area contributed by atoms with E-state index in [1.807, 2.05) is 43.3 Å². The summed E-state index contributed by atoms with van der Waals surface area (Å²) in [5.74, 6) is 0.546. The van der Waals surface area contributed by atoms with Crippen LogP contribution >= 0.6 is 31.9 Å². The molecule has 0 radical (unpaired) electrons. The molecule has 22 heavy (non-hydrogen) atoms. The lowest BCUT2D eigenvalue weighted by Crippen LogP contribution is -2.34. The van der Waals surface area contributed by atoms with E-state index in [1.165, 1.54) is 5.56 Å². The Hall–Kier alpha value is -1.33. The molecule has 0 aliphatic rings. The van der Waals surface area contributed by atoms with Gasteiger partial charge in [0.15, 0.2) is 0 Å². The summed E-state index contributed by atoms with van der Waals surface area (Å²) in [5.41, 5.74) is 1.75. The van der Waals surface area contributed by atoms with Crippen LogP contribution in [-0.2, 0) is 6.42 Å².